The van der Waals surface area contributed by atoms with Gasteiger partial charge < -0.3 is 10.2 Å². The van der Waals surface area contributed by atoms with Crippen molar-refractivity contribution >= 4 is 0 Å². The van der Waals surface area contributed by atoms with E-state index in [2.05, 4.69) is 30.4 Å². The van der Waals surface area contributed by atoms with Crippen LogP contribution in [0.2, 0.25) is 0 Å². The molecule has 0 aromatic carbocycles. The summed E-state index contributed by atoms with van der Waals surface area (Å²) in [6.45, 7) is 10.2. The average Bonchev–Trinajstić information content (AvgIpc) is 2.57. The van der Waals surface area contributed by atoms with Crippen LogP contribution >= 0.6 is 0 Å². The van der Waals surface area contributed by atoms with Gasteiger partial charge in [0.05, 0.1) is 0 Å². The van der Waals surface area contributed by atoms with E-state index in [0.717, 1.165) is 13.0 Å². The number of nitrogens with zero attached hydrogens (tertiary/aromatic N) is 1. The van der Waals surface area contributed by atoms with Gasteiger partial charge in [0, 0.05) is 24.7 Å². The van der Waals surface area contributed by atoms with Crippen LogP contribution in [0.15, 0.2) is 24.9 Å². The Balaban J connectivity index is 2.69. The predicted octanol–water partition coefficient (Wildman–Crippen LogP) is 2.01. The van der Waals surface area contributed by atoms with Crippen LogP contribution in [0, 0.1) is 5.41 Å². The van der Waals surface area contributed by atoms with E-state index in [0.29, 0.717) is 0 Å². The lowest BCUT2D eigenvalue weighted by atomic mass is 9.79. The number of allylic oxidation sites excluding steroid dienone is 1. The molecule has 0 aromatic heterocycles. The third-order valence-electron chi connectivity index (χ3n) is 3.31. The van der Waals surface area contributed by atoms with Crippen molar-refractivity contribution in [3.8, 4) is 0 Å². The smallest absolute Gasteiger partial charge is 0.0236 e. The summed E-state index contributed by atoms with van der Waals surface area (Å²) in [7, 11) is 4.15. The zero-order valence-corrected chi connectivity index (χ0v) is 9.47. The molecule has 1 atom stereocenters. The highest BCUT2D eigenvalue weighted by Gasteiger charge is 2.38. The monoisotopic (exact) mass is 194 g/mol. The summed E-state index contributed by atoms with van der Waals surface area (Å²) in [6, 6.07) is 0. The molecule has 0 spiro atoms. The molecule has 14 heavy (non-hydrogen) atoms. The topological polar surface area (TPSA) is 15.3 Å². The lowest BCUT2D eigenvalue weighted by molar-refractivity contribution is 0.302. The van der Waals surface area contributed by atoms with Gasteiger partial charge in [-0.25, -0.2) is 0 Å². The van der Waals surface area contributed by atoms with Crippen LogP contribution in [-0.2, 0) is 0 Å². The Morgan fingerprint density at radius 3 is 2.79 bits per heavy atom. The van der Waals surface area contributed by atoms with Crippen LogP contribution in [0.25, 0.3) is 0 Å². The summed E-state index contributed by atoms with van der Waals surface area (Å²) in [5, 5.41) is 3.22. The first kappa shape index (κ1) is 11.3. The Morgan fingerprint density at radius 1 is 1.64 bits per heavy atom. The lowest BCUT2D eigenvalue weighted by Gasteiger charge is -2.31. The van der Waals surface area contributed by atoms with Gasteiger partial charge in [0.25, 0.3) is 0 Å². The number of nitrogens with one attached hydrogen (secondary N) is 1. The van der Waals surface area contributed by atoms with Crippen molar-refractivity contribution in [2.75, 3.05) is 27.2 Å². The van der Waals surface area contributed by atoms with E-state index in [1.807, 2.05) is 13.1 Å². The highest BCUT2D eigenvalue weighted by atomic mass is 15.1. The predicted molar refractivity (Wildman–Crippen MR) is 62.2 cm³/mol. The second kappa shape index (κ2) is 4.65. The first-order valence-electron chi connectivity index (χ1n) is 5.31. The van der Waals surface area contributed by atoms with Crippen molar-refractivity contribution in [1.29, 1.82) is 0 Å². The normalized spacial score (nSPS) is 27.6. The molecule has 0 bridgehead atoms. The molecule has 1 heterocycles. The minimum absolute atomic E-state index is 0.275. The Morgan fingerprint density at radius 2 is 2.36 bits per heavy atom. The fourth-order valence-electron chi connectivity index (χ4n) is 2.32. The second-order valence-electron chi connectivity index (χ2n) is 4.32. The van der Waals surface area contributed by atoms with Crippen LogP contribution in [0.3, 0.4) is 0 Å². The van der Waals surface area contributed by atoms with Gasteiger partial charge in [-0.05, 0) is 32.9 Å². The number of likely N-dealkylation sites (tertiary alicyclic amines) is 1. The summed E-state index contributed by atoms with van der Waals surface area (Å²) in [5.74, 6) is 0. The van der Waals surface area contributed by atoms with Gasteiger partial charge >= 0.3 is 0 Å². The van der Waals surface area contributed by atoms with Crippen molar-refractivity contribution in [3.05, 3.63) is 24.9 Å². The zero-order valence-electron chi connectivity index (χ0n) is 9.47. The number of hydrogen-bond acceptors (Lipinski definition) is 2. The molecule has 0 radical (unpaired) electrons. The third-order valence-corrected chi connectivity index (χ3v) is 3.31. The molecule has 1 N–H and O–H groups in total. The van der Waals surface area contributed by atoms with Gasteiger partial charge in [0.15, 0.2) is 0 Å². The maximum absolute atomic E-state index is 4.14. The Kier molecular flexibility index (Phi) is 3.76. The second-order valence-corrected chi connectivity index (χ2v) is 4.32. The SMILES string of the molecule is C=CCCC1(C(=C)NC)CCN(C)C1. The van der Waals surface area contributed by atoms with Gasteiger partial charge in [-0.3, -0.25) is 0 Å². The fraction of sp³-hybridized carbons (Fsp3) is 0.667. The Hall–Kier alpha value is -0.760. The fourth-order valence-corrected chi connectivity index (χ4v) is 2.32. The first-order chi connectivity index (χ1) is 6.64. The molecule has 2 heteroatoms. The van der Waals surface area contributed by atoms with E-state index in [-0.39, 0.29) is 5.41 Å². The lowest BCUT2D eigenvalue weighted by Crippen LogP contribution is -2.32. The average molecular weight is 194 g/mol. The van der Waals surface area contributed by atoms with Crippen molar-refractivity contribution in [3.63, 3.8) is 0 Å². The zero-order chi connectivity index (χ0) is 10.6. The molecule has 0 aromatic rings. The third kappa shape index (κ3) is 2.18. The van der Waals surface area contributed by atoms with E-state index in [4.69, 9.17) is 0 Å². The van der Waals surface area contributed by atoms with Gasteiger partial charge in [-0.2, -0.15) is 0 Å². The van der Waals surface area contributed by atoms with Crippen molar-refractivity contribution in [1.82, 2.24) is 10.2 Å². The van der Waals surface area contributed by atoms with Gasteiger partial charge in [-0.15, -0.1) is 6.58 Å². The quantitative estimate of drug-likeness (QED) is 0.673. The molecular formula is C12H22N2. The molecule has 0 aliphatic carbocycles. The Bertz CT molecular complexity index is 222. The summed E-state index contributed by atoms with van der Waals surface area (Å²) in [4.78, 5) is 2.38. The van der Waals surface area contributed by atoms with Gasteiger partial charge in [-0.1, -0.05) is 12.7 Å². The Labute approximate surface area is 87.7 Å². The molecule has 0 saturated carbocycles. The van der Waals surface area contributed by atoms with Crippen LogP contribution < -0.4 is 5.32 Å². The van der Waals surface area contributed by atoms with Crippen LogP contribution in [0.4, 0.5) is 0 Å². The molecule has 1 unspecified atom stereocenters. The number of hydrogen-bond donors (Lipinski definition) is 1. The standard InChI is InChI=1S/C12H22N2/c1-5-6-7-12(11(2)13-3)8-9-14(4)10-12/h5,13H,1-2,6-10H2,3-4H3. The van der Waals surface area contributed by atoms with Gasteiger partial charge in [0.1, 0.15) is 0 Å². The molecule has 1 fully saturated rings. The molecule has 80 valence electrons. The van der Waals surface area contributed by atoms with E-state index >= 15 is 0 Å². The van der Waals surface area contributed by atoms with Crippen LogP contribution in [0.5, 0.6) is 0 Å². The number of rotatable bonds is 5. The summed E-state index contributed by atoms with van der Waals surface area (Å²) >= 11 is 0. The summed E-state index contributed by atoms with van der Waals surface area (Å²) in [6.07, 6.45) is 5.47. The highest BCUT2D eigenvalue weighted by Crippen LogP contribution is 2.39. The summed E-state index contributed by atoms with van der Waals surface area (Å²) < 4.78 is 0. The van der Waals surface area contributed by atoms with E-state index in [1.165, 1.54) is 25.1 Å². The maximum atomic E-state index is 4.14. The molecule has 1 aliphatic heterocycles. The molecule has 0 amide bonds. The molecule has 1 rings (SSSR count). The molecular weight excluding hydrogens is 172 g/mol. The van der Waals surface area contributed by atoms with Crippen LogP contribution in [0.1, 0.15) is 19.3 Å². The van der Waals surface area contributed by atoms with Crippen molar-refractivity contribution in [2.45, 2.75) is 19.3 Å². The van der Waals surface area contributed by atoms with Crippen molar-refractivity contribution in [2.24, 2.45) is 5.41 Å². The molecule has 1 aliphatic rings. The summed E-state index contributed by atoms with van der Waals surface area (Å²) in [5.41, 5.74) is 1.46. The maximum Gasteiger partial charge on any atom is 0.0236 e. The van der Waals surface area contributed by atoms with E-state index in [1.54, 1.807) is 0 Å². The molecule has 2 nitrogen and oxygen atoms in total. The minimum atomic E-state index is 0.275. The van der Waals surface area contributed by atoms with Gasteiger partial charge in [0.2, 0.25) is 0 Å². The molecule has 1 saturated heterocycles. The highest BCUT2D eigenvalue weighted by molar-refractivity contribution is 5.12. The van der Waals surface area contributed by atoms with E-state index < -0.39 is 0 Å². The van der Waals surface area contributed by atoms with E-state index in [9.17, 15) is 0 Å². The van der Waals surface area contributed by atoms with Crippen LogP contribution in [-0.4, -0.2) is 32.1 Å². The minimum Gasteiger partial charge on any atom is -0.391 e. The first-order valence-corrected chi connectivity index (χ1v) is 5.31. The largest absolute Gasteiger partial charge is 0.391 e. The van der Waals surface area contributed by atoms with Crippen molar-refractivity contribution < 1.29 is 0 Å².